The smallest absolute Gasteiger partial charge is 0.128 e. The molecule has 0 radical (unpaired) electrons. The molecule has 0 unspecified atom stereocenters. The predicted octanol–water partition coefficient (Wildman–Crippen LogP) is 3.69. The van der Waals surface area contributed by atoms with Gasteiger partial charge in [-0.15, -0.1) is 0 Å². The van der Waals surface area contributed by atoms with Crippen LogP contribution in [0.1, 0.15) is 63.5 Å². The standard InChI is InChI=1S/C17H26N2O/c1-14(20)15-5-6-16(18-13-15)19-11-9-17(10-12-19)7-3-2-4-8-17/h5-6,13-14,20H,2-4,7-12H2,1H3/t14-/m0/s1. The third-order valence-corrected chi connectivity index (χ3v) is 5.32. The van der Waals surface area contributed by atoms with E-state index in [-0.39, 0.29) is 0 Å². The molecule has 20 heavy (non-hydrogen) atoms. The van der Waals surface area contributed by atoms with Crippen molar-refractivity contribution >= 4 is 5.82 Å². The number of aliphatic hydroxyl groups is 1. The van der Waals surface area contributed by atoms with E-state index >= 15 is 0 Å². The van der Waals surface area contributed by atoms with Gasteiger partial charge in [-0.05, 0) is 49.7 Å². The molecule has 1 N–H and O–H groups in total. The predicted molar refractivity (Wildman–Crippen MR) is 81.8 cm³/mol. The fraction of sp³-hybridized carbons (Fsp3) is 0.706. The summed E-state index contributed by atoms with van der Waals surface area (Å²) in [7, 11) is 0. The zero-order valence-corrected chi connectivity index (χ0v) is 12.5. The fourth-order valence-corrected chi connectivity index (χ4v) is 3.84. The average Bonchev–Trinajstić information content (AvgIpc) is 2.49. The summed E-state index contributed by atoms with van der Waals surface area (Å²) in [6.07, 6.45) is 11.2. The third-order valence-electron chi connectivity index (χ3n) is 5.32. The summed E-state index contributed by atoms with van der Waals surface area (Å²) < 4.78 is 0. The Morgan fingerprint density at radius 2 is 1.80 bits per heavy atom. The van der Waals surface area contributed by atoms with Crippen LogP contribution in [0.4, 0.5) is 5.82 Å². The Morgan fingerprint density at radius 1 is 1.10 bits per heavy atom. The number of pyridine rings is 1. The van der Waals surface area contributed by atoms with Crippen molar-refractivity contribution < 1.29 is 5.11 Å². The van der Waals surface area contributed by atoms with Crippen LogP contribution in [0.15, 0.2) is 18.3 Å². The summed E-state index contributed by atoms with van der Waals surface area (Å²) in [6, 6.07) is 4.05. The summed E-state index contributed by atoms with van der Waals surface area (Å²) >= 11 is 0. The van der Waals surface area contributed by atoms with Gasteiger partial charge in [0.15, 0.2) is 0 Å². The van der Waals surface area contributed by atoms with Crippen LogP contribution in [0.2, 0.25) is 0 Å². The number of piperidine rings is 1. The van der Waals surface area contributed by atoms with Crippen molar-refractivity contribution in [2.24, 2.45) is 5.41 Å². The van der Waals surface area contributed by atoms with Gasteiger partial charge in [-0.25, -0.2) is 4.98 Å². The van der Waals surface area contributed by atoms with E-state index < -0.39 is 6.10 Å². The third kappa shape index (κ3) is 2.83. The van der Waals surface area contributed by atoms with Crippen molar-refractivity contribution in [3.63, 3.8) is 0 Å². The molecule has 1 saturated carbocycles. The van der Waals surface area contributed by atoms with Crippen LogP contribution >= 0.6 is 0 Å². The topological polar surface area (TPSA) is 36.4 Å². The lowest BCUT2D eigenvalue weighted by atomic mass is 9.68. The Bertz CT molecular complexity index is 425. The van der Waals surface area contributed by atoms with E-state index in [1.807, 2.05) is 12.3 Å². The summed E-state index contributed by atoms with van der Waals surface area (Å²) in [6.45, 7) is 4.06. The van der Waals surface area contributed by atoms with Crippen LogP contribution in [-0.4, -0.2) is 23.2 Å². The molecule has 0 amide bonds. The number of rotatable bonds is 2. The summed E-state index contributed by atoms with van der Waals surface area (Å²) in [5.74, 6) is 1.07. The Hall–Kier alpha value is -1.09. The molecular formula is C17H26N2O. The molecule has 2 aliphatic rings. The Morgan fingerprint density at radius 3 is 2.35 bits per heavy atom. The highest BCUT2D eigenvalue weighted by atomic mass is 16.3. The fourth-order valence-electron chi connectivity index (χ4n) is 3.84. The monoisotopic (exact) mass is 274 g/mol. The molecule has 1 saturated heterocycles. The Kier molecular flexibility index (Phi) is 3.97. The summed E-state index contributed by atoms with van der Waals surface area (Å²) in [5.41, 5.74) is 1.54. The van der Waals surface area contributed by atoms with E-state index in [0.717, 1.165) is 24.5 Å². The molecule has 3 heteroatoms. The second kappa shape index (κ2) is 5.72. The maximum atomic E-state index is 9.54. The van der Waals surface area contributed by atoms with Crippen molar-refractivity contribution in [1.29, 1.82) is 0 Å². The molecule has 2 fully saturated rings. The largest absolute Gasteiger partial charge is 0.389 e. The number of aromatic nitrogens is 1. The molecule has 2 heterocycles. The minimum absolute atomic E-state index is 0.427. The molecule has 1 aromatic rings. The second-order valence-electron chi connectivity index (χ2n) is 6.67. The molecule has 0 aromatic carbocycles. The van der Waals surface area contributed by atoms with Crippen LogP contribution < -0.4 is 4.90 Å². The minimum Gasteiger partial charge on any atom is -0.389 e. The number of nitrogens with zero attached hydrogens (tertiary/aromatic N) is 2. The van der Waals surface area contributed by atoms with Crippen LogP contribution in [0.3, 0.4) is 0 Å². The molecule has 1 spiro atoms. The van der Waals surface area contributed by atoms with E-state index in [9.17, 15) is 5.11 Å². The molecule has 110 valence electrons. The number of anilines is 1. The zero-order chi connectivity index (χ0) is 14.0. The number of hydrogen-bond acceptors (Lipinski definition) is 3. The van der Waals surface area contributed by atoms with Gasteiger partial charge < -0.3 is 10.0 Å². The average molecular weight is 274 g/mol. The van der Waals surface area contributed by atoms with Gasteiger partial charge in [-0.1, -0.05) is 25.3 Å². The minimum atomic E-state index is -0.427. The SMILES string of the molecule is C[C@H](O)c1ccc(N2CCC3(CCCCC3)CC2)nc1. The van der Waals surface area contributed by atoms with Gasteiger partial charge in [-0.2, -0.15) is 0 Å². The Balaban J connectivity index is 1.62. The zero-order valence-electron chi connectivity index (χ0n) is 12.5. The van der Waals surface area contributed by atoms with E-state index in [0.29, 0.717) is 5.41 Å². The number of hydrogen-bond donors (Lipinski definition) is 1. The van der Waals surface area contributed by atoms with E-state index in [1.54, 1.807) is 6.92 Å². The lowest BCUT2D eigenvalue weighted by molar-refractivity contribution is 0.144. The molecule has 1 aliphatic carbocycles. The highest BCUT2D eigenvalue weighted by Crippen LogP contribution is 2.44. The Labute approximate surface area is 122 Å². The van der Waals surface area contributed by atoms with Crippen molar-refractivity contribution in [3.05, 3.63) is 23.9 Å². The van der Waals surface area contributed by atoms with Crippen LogP contribution in [-0.2, 0) is 0 Å². The first kappa shape index (κ1) is 13.9. The normalized spacial score (nSPS) is 23.8. The van der Waals surface area contributed by atoms with Crippen molar-refractivity contribution in [3.8, 4) is 0 Å². The maximum absolute atomic E-state index is 9.54. The number of aliphatic hydroxyl groups excluding tert-OH is 1. The molecule has 1 atom stereocenters. The quantitative estimate of drug-likeness (QED) is 0.893. The first-order chi connectivity index (χ1) is 9.69. The summed E-state index contributed by atoms with van der Waals surface area (Å²) in [5, 5.41) is 9.54. The lowest BCUT2D eigenvalue weighted by Crippen LogP contribution is -2.41. The van der Waals surface area contributed by atoms with Crippen molar-refractivity contribution in [2.75, 3.05) is 18.0 Å². The molecule has 3 rings (SSSR count). The molecule has 1 aromatic heterocycles. The van der Waals surface area contributed by atoms with Crippen molar-refractivity contribution in [2.45, 2.75) is 58.0 Å². The van der Waals surface area contributed by atoms with Gasteiger partial charge in [0, 0.05) is 19.3 Å². The first-order valence-electron chi connectivity index (χ1n) is 8.08. The maximum Gasteiger partial charge on any atom is 0.128 e. The van der Waals surface area contributed by atoms with E-state index in [1.165, 1.54) is 44.9 Å². The van der Waals surface area contributed by atoms with Gasteiger partial charge in [0.2, 0.25) is 0 Å². The first-order valence-corrected chi connectivity index (χ1v) is 8.08. The highest BCUT2D eigenvalue weighted by Gasteiger charge is 2.35. The molecule has 0 bridgehead atoms. The van der Waals surface area contributed by atoms with Gasteiger partial charge in [-0.3, -0.25) is 0 Å². The molecule has 1 aliphatic heterocycles. The van der Waals surface area contributed by atoms with E-state index in [2.05, 4.69) is 16.0 Å². The van der Waals surface area contributed by atoms with Gasteiger partial charge in [0.05, 0.1) is 6.10 Å². The summed E-state index contributed by atoms with van der Waals surface area (Å²) in [4.78, 5) is 6.93. The van der Waals surface area contributed by atoms with E-state index in [4.69, 9.17) is 0 Å². The molecular weight excluding hydrogens is 248 g/mol. The second-order valence-corrected chi connectivity index (χ2v) is 6.67. The van der Waals surface area contributed by atoms with Gasteiger partial charge in [0.1, 0.15) is 5.82 Å². The lowest BCUT2D eigenvalue weighted by Gasteiger charge is -2.44. The highest BCUT2D eigenvalue weighted by molar-refractivity contribution is 5.40. The van der Waals surface area contributed by atoms with Crippen LogP contribution in [0.5, 0.6) is 0 Å². The van der Waals surface area contributed by atoms with Gasteiger partial charge in [0.25, 0.3) is 0 Å². The van der Waals surface area contributed by atoms with Crippen LogP contribution in [0, 0.1) is 5.41 Å². The molecule has 3 nitrogen and oxygen atoms in total. The van der Waals surface area contributed by atoms with Gasteiger partial charge >= 0.3 is 0 Å². The van der Waals surface area contributed by atoms with Crippen LogP contribution in [0.25, 0.3) is 0 Å². The van der Waals surface area contributed by atoms with Crippen molar-refractivity contribution in [1.82, 2.24) is 4.98 Å².